The zero-order chi connectivity index (χ0) is 12.7. The van der Waals surface area contributed by atoms with Gasteiger partial charge in [-0.3, -0.25) is 0 Å². The lowest BCUT2D eigenvalue weighted by Crippen LogP contribution is -2.24. The van der Waals surface area contributed by atoms with Crippen molar-refractivity contribution in [1.29, 1.82) is 0 Å². The van der Waals surface area contributed by atoms with Crippen LogP contribution in [0.15, 0.2) is 28.7 Å². The molecule has 1 unspecified atom stereocenters. The van der Waals surface area contributed by atoms with Crippen LogP contribution >= 0.6 is 15.9 Å². The van der Waals surface area contributed by atoms with Crippen molar-refractivity contribution >= 4 is 15.9 Å². The Hall–Kier alpha value is -0.380. The number of hydrogen-bond donors (Lipinski definition) is 1. The molecule has 1 atom stereocenters. The first-order chi connectivity index (χ1) is 8.15. The lowest BCUT2D eigenvalue weighted by molar-refractivity contribution is 0.0350. The average Bonchev–Trinajstić information content (AvgIpc) is 2.30. The molecule has 1 N–H and O–H groups in total. The van der Waals surface area contributed by atoms with Gasteiger partial charge in [-0.1, -0.05) is 54.9 Å². The van der Waals surface area contributed by atoms with Gasteiger partial charge in [0, 0.05) is 17.6 Å². The molecule has 0 aliphatic heterocycles. The Morgan fingerprint density at radius 1 is 1.29 bits per heavy atom. The standard InChI is InChI=1S/C14H22BrNO/c1-4-16-9-14(17-10-11(2)3)12-7-5-6-8-13(12)15/h5-8,11,14,16H,4,9-10H2,1-3H3. The maximum Gasteiger partial charge on any atom is 0.0960 e. The van der Waals surface area contributed by atoms with Gasteiger partial charge in [0.05, 0.1) is 6.10 Å². The monoisotopic (exact) mass is 299 g/mol. The molecular formula is C14H22BrNO. The van der Waals surface area contributed by atoms with E-state index >= 15 is 0 Å². The van der Waals surface area contributed by atoms with E-state index < -0.39 is 0 Å². The molecule has 1 aromatic carbocycles. The largest absolute Gasteiger partial charge is 0.372 e. The van der Waals surface area contributed by atoms with E-state index in [-0.39, 0.29) is 6.10 Å². The highest BCUT2D eigenvalue weighted by molar-refractivity contribution is 9.10. The third-order valence-electron chi connectivity index (χ3n) is 2.46. The maximum absolute atomic E-state index is 5.98. The van der Waals surface area contributed by atoms with Gasteiger partial charge in [-0.25, -0.2) is 0 Å². The molecule has 0 aliphatic rings. The summed E-state index contributed by atoms with van der Waals surface area (Å²) in [5.41, 5.74) is 1.22. The number of nitrogens with one attached hydrogen (secondary N) is 1. The van der Waals surface area contributed by atoms with Crippen molar-refractivity contribution in [3.8, 4) is 0 Å². The van der Waals surface area contributed by atoms with Crippen LogP contribution in [0.5, 0.6) is 0 Å². The zero-order valence-electron chi connectivity index (χ0n) is 10.9. The van der Waals surface area contributed by atoms with Crippen LogP contribution in [0.1, 0.15) is 32.4 Å². The highest BCUT2D eigenvalue weighted by atomic mass is 79.9. The van der Waals surface area contributed by atoms with Crippen molar-refractivity contribution in [2.45, 2.75) is 26.9 Å². The van der Waals surface area contributed by atoms with Gasteiger partial charge in [0.1, 0.15) is 0 Å². The Balaban J connectivity index is 2.71. The van der Waals surface area contributed by atoms with Crippen molar-refractivity contribution < 1.29 is 4.74 Å². The summed E-state index contributed by atoms with van der Waals surface area (Å²) < 4.78 is 7.10. The smallest absolute Gasteiger partial charge is 0.0960 e. The fourth-order valence-corrected chi connectivity index (χ4v) is 2.12. The summed E-state index contributed by atoms with van der Waals surface area (Å²) in [5.74, 6) is 0.557. The van der Waals surface area contributed by atoms with Gasteiger partial charge < -0.3 is 10.1 Å². The molecule has 96 valence electrons. The molecule has 3 heteroatoms. The topological polar surface area (TPSA) is 21.3 Å². The number of ether oxygens (including phenoxy) is 1. The van der Waals surface area contributed by atoms with Crippen LogP contribution in [0, 0.1) is 5.92 Å². The van der Waals surface area contributed by atoms with Crippen molar-refractivity contribution in [3.05, 3.63) is 34.3 Å². The molecule has 0 amide bonds. The van der Waals surface area contributed by atoms with Gasteiger partial charge in [0.25, 0.3) is 0 Å². The first-order valence-corrected chi connectivity index (χ1v) is 7.01. The summed E-state index contributed by atoms with van der Waals surface area (Å²) >= 11 is 3.59. The molecule has 1 aromatic rings. The fourth-order valence-electron chi connectivity index (χ4n) is 1.58. The van der Waals surface area contributed by atoms with Gasteiger partial charge in [-0.15, -0.1) is 0 Å². The Labute approximate surface area is 113 Å². The highest BCUT2D eigenvalue weighted by Crippen LogP contribution is 2.25. The van der Waals surface area contributed by atoms with E-state index in [2.05, 4.69) is 60.2 Å². The minimum absolute atomic E-state index is 0.118. The van der Waals surface area contributed by atoms with E-state index in [1.807, 2.05) is 6.07 Å². The predicted octanol–water partition coefficient (Wildman–Crippen LogP) is 3.77. The quantitative estimate of drug-likeness (QED) is 0.827. The molecule has 2 nitrogen and oxygen atoms in total. The van der Waals surface area contributed by atoms with Gasteiger partial charge in [-0.2, -0.15) is 0 Å². The summed E-state index contributed by atoms with van der Waals surface area (Å²) in [4.78, 5) is 0. The summed E-state index contributed by atoms with van der Waals surface area (Å²) in [5, 5.41) is 3.35. The zero-order valence-corrected chi connectivity index (χ0v) is 12.5. The second-order valence-corrected chi connectivity index (χ2v) is 5.40. The molecule has 0 heterocycles. The molecule has 0 saturated heterocycles. The maximum atomic E-state index is 5.98. The Kier molecular flexibility index (Phi) is 6.78. The summed E-state index contributed by atoms with van der Waals surface area (Å²) in [7, 11) is 0. The number of likely N-dealkylation sites (N-methyl/N-ethyl adjacent to an activating group) is 1. The van der Waals surface area contributed by atoms with E-state index in [0.717, 1.165) is 24.2 Å². The van der Waals surface area contributed by atoms with Gasteiger partial charge in [-0.05, 0) is 24.1 Å². The van der Waals surface area contributed by atoms with Crippen LogP contribution < -0.4 is 5.32 Å². The summed E-state index contributed by atoms with van der Waals surface area (Å²) in [6, 6.07) is 8.26. The molecule has 0 fully saturated rings. The summed E-state index contributed by atoms with van der Waals surface area (Å²) in [6.45, 7) is 9.06. The molecule has 1 rings (SSSR count). The molecule has 17 heavy (non-hydrogen) atoms. The van der Waals surface area contributed by atoms with E-state index in [0.29, 0.717) is 5.92 Å². The minimum atomic E-state index is 0.118. The second-order valence-electron chi connectivity index (χ2n) is 4.55. The first kappa shape index (κ1) is 14.7. The number of rotatable bonds is 7. The van der Waals surface area contributed by atoms with E-state index in [1.165, 1.54) is 5.56 Å². The fraction of sp³-hybridized carbons (Fsp3) is 0.571. The lowest BCUT2D eigenvalue weighted by Gasteiger charge is -2.21. The SMILES string of the molecule is CCNCC(OCC(C)C)c1ccccc1Br. The Morgan fingerprint density at radius 2 is 2.00 bits per heavy atom. The van der Waals surface area contributed by atoms with Crippen LogP contribution in [0.3, 0.4) is 0 Å². The molecule has 0 radical (unpaired) electrons. The van der Waals surface area contributed by atoms with Crippen molar-refractivity contribution in [1.82, 2.24) is 5.32 Å². The van der Waals surface area contributed by atoms with Crippen molar-refractivity contribution in [3.63, 3.8) is 0 Å². The lowest BCUT2D eigenvalue weighted by atomic mass is 10.1. The number of benzene rings is 1. The number of hydrogen-bond acceptors (Lipinski definition) is 2. The Bertz CT molecular complexity index is 328. The van der Waals surface area contributed by atoms with Gasteiger partial charge >= 0.3 is 0 Å². The highest BCUT2D eigenvalue weighted by Gasteiger charge is 2.14. The second kappa shape index (κ2) is 7.85. The van der Waals surface area contributed by atoms with Crippen molar-refractivity contribution in [2.24, 2.45) is 5.92 Å². The van der Waals surface area contributed by atoms with Gasteiger partial charge in [0.2, 0.25) is 0 Å². The van der Waals surface area contributed by atoms with E-state index in [4.69, 9.17) is 4.74 Å². The molecular weight excluding hydrogens is 278 g/mol. The minimum Gasteiger partial charge on any atom is -0.372 e. The molecule has 0 saturated carbocycles. The summed E-state index contributed by atoms with van der Waals surface area (Å²) in [6.07, 6.45) is 0.118. The van der Waals surface area contributed by atoms with Crippen LogP contribution in [0.2, 0.25) is 0 Å². The van der Waals surface area contributed by atoms with Crippen LogP contribution in [0.4, 0.5) is 0 Å². The third kappa shape index (κ3) is 5.19. The van der Waals surface area contributed by atoms with Crippen LogP contribution in [-0.2, 0) is 4.74 Å². The van der Waals surface area contributed by atoms with E-state index in [9.17, 15) is 0 Å². The predicted molar refractivity (Wildman–Crippen MR) is 76.2 cm³/mol. The van der Waals surface area contributed by atoms with Crippen molar-refractivity contribution in [2.75, 3.05) is 19.7 Å². The van der Waals surface area contributed by atoms with Crippen LogP contribution in [0.25, 0.3) is 0 Å². The normalized spacial score (nSPS) is 13.0. The Morgan fingerprint density at radius 3 is 2.59 bits per heavy atom. The first-order valence-electron chi connectivity index (χ1n) is 6.21. The molecule has 0 aromatic heterocycles. The third-order valence-corrected chi connectivity index (χ3v) is 3.18. The molecule has 0 spiro atoms. The van der Waals surface area contributed by atoms with Crippen LogP contribution in [-0.4, -0.2) is 19.7 Å². The number of halogens is 1. The molecule has 0 bridgehead atoms. The van der Waals surface area contributed by atoms with Gasteiger partial charge in [0.15, 0.2) is 0 Å². The molecule has 0 aliphatic carbocycles. The average molecular weight is 300 g/mol. The van der Waals surface area contributed by atoms with E-state index in [1.54, 1.807) is 0 Å².